The summed E-state index contributed by atoms with van der Waals surface area (Å²) < 4.78 is 19.2. The molecule has 0 amide bonds. The van der Waals surface area contributed by atoms with Crippen LogP contribution in [-0.4, -0.2) is 36.1 Å². The minimum absolute atomic E-state index is 0.221. The number of benzene rings is 1. The van der Waals surface area contributed by atoms with Crippen molar-refractivity contribution in [3.63, 3.8) is 0 Å². The number of nitrogens with one attached hydrogen (secondary N) is 3. The number of ether oxygens (including phenoxy) is 1. The molecule has 0 spiro atoms. The molecule has 29 heavy (non-hydrogen) atoms. The van der Waals surface area contributed by atoms with Crippen LogP contribution in [-0.2, 0) is 13.0 Å². The number of pyridine rings is 1. The predicted molar refractivity (Wildman–Crippen MR) is 113 cm³/mol. The van der Waals surface area contributed by atoms with Gasteiger partial charge in [0.1, 0.15) is 5.82 Å². The van der Waals surface area contributed by atoms with Crippen molar-refractivity contribution >= 4 is 16.9 Å². The Labute approximate surface area is 169 Å². The SMILES string of the molecule is CN=C(NCCc1c[nH]c2ccc(F)cc12)NCc1ccc(OCC2CC2)nc1. The van der Waals surface area contributed by atoms with Crippen LogP contribution < -0.4 is 15.4 Å². The molecule has 152 valence electrons. The molecule has 0 radical (unpaired) electrons. The standard InChI is InChI=1S/C22H26FN5O/c1-24-22(25-9-8-17-13-26-20-6-5-18(23)10-19(17)20)28-12-16-4-7-21(27-11-16)29-14-15-2-3-15/h4-7,10-11,13,15,26H,2-3,8-9,12,14H2,1H3,(H2,24,25,28). The van der Waals surface area contributed by atoms with Crippen molar-refractivity contribution in [3.8, 4) is 5.88 Å². The van der Waals surface area contributed by atoms with Gasteiger partial charge in [-0.05, 0) is 54.5 Å². The van der Waals surface area contributed by atoms with Crippen molar-refractivity contribution in [2.45, 2.75) is 25.8 Å². The summed E-state index contributed by atoms with van der Waals surface area (Å²) in [5, 5.41) is 7.50. The minimum Gasteiger partial charge on any atom is -0.477 e. The van der Waals surface area contributed by atoms with Gasteiger partial charge in [-0.15, -0.1) is 0 Å². The van der Waals surface area contributed by atoms with Gasteiger partial charge in [-0.25, -0.2) is 9.37 Å². The van der Waals surface area contributed by atoms with Gasteiger partial charge in [-0.3, -0.25) is 4.99 Å². The molecule has 1 saturated carbocycles. The Morgan fingerprint density at radius 1 is 1.28 bits per heavy atom. The Kier molecular flexibility index (Phi) is 5.93. The fourth-order valence-electron chi connectivity index (χ4n) is 3.17. The number of nitrogens with zero attached hydrogens (tertiary/aromatic N) is 2. The third-order valence-electron chi connectivity index (χ3n) is 5.06. The van der Waals surface area contributed by atoms with Crippen LogP contribution in [0.2, 0.25) is 0 Å². The molecule has 0 aliphatic heterocycles. The molecule has 7 heteroatoms. The molecule has 3 N–H and O–H groups in total. The smallest absolute Gasteiger partial charge is 0.213 e. The van der Waals surface area contributed by atoms with Crippen LogP contribution in [0, 0.1) is 11.7 Å². The van der Waals surface area contributed by atoms with E-state index in [-0.39, 0.29) is 5.82 Å². The maximum atomic E-state index is 13.5. The van der Waals surface area contributed by atoms with Crippen LogP contribution in [0.3, 0.4) is 0 Å². The first-order valence-corrected chi connectivity index (χ1v) is 9.99. The number of H-pyrrole nitrogens is 1. The van der Waals surface area contributed by atoms with E-state index < -0.39 is 0 Å². The quantitative estimate of drug-likeness (QED) is 0.404. The van der Waals surface area contributed by atoms with Gasteiger partial charge < -0.3 is 20.4 Å². The number of hydrogen-bond donors (Lipinski definition) is 3. The maximum Gasteiger partial charge on any atom is 0.213 e. The highest BCUT2D eigenvalue weighted by Crippen LogP contribution is 2.29. The van der Waals surface area contributed by atoms with Gasteiger partial charge in [0.05, 0.1) is 6.61 Å². The van der Waals surface area contributed by atoms with E-state index in [0.29, 0.717) is 24.9 Å². The molecule has 0 unspecified atom stereocenters. The van der Waals surface area contributed by atoms with Gasteiger partial charge in [0.15, 0.2) is 5.96 Å². The molecule has 4 rings (SSSR count). The van der Waals surface area contributed by atoms with Crippen molar-refractivity contribution in [2.75, 3.05) is 20.2 Å². The molecular formula is C22H26FN5O. The second-order valence-electron chi connectivity index (χ2n) is 7.37. The van der Waals surface area contributed by atoms with E-state index in [0.717, 1.165) is 41.0 Å². The van der Waals surface area contributed by atoms with Crippen LogP contribution >= 0.6 is 0 Å². The topological polar surface area (TPSA) is 74.3 Å². The predicted octanol–water partition coefficient (Wildman–Crippen LogP) is 3.40. The van der Waals surface area contributed by atoms with Gasteiger partial charge in [0.25, 0.3) is 0 Å². The van der Waals surface area contributed by atoms with E-state index in [1.807, 2.05) is 24.5 Å². The number of guanidine groups is 1. The zero-order valence-corrected chi connectivity index (χ0v) is 16.5. The lowest BCUT2D eigenvalue weighted by Gasteiger charge is -2.12. The van der Waals surface area contributed by atoms with Gasteiger partial charge in [0, 0.05) is 49.5 Å². The molecule has 2 heterocycles. The summed E-state index contributed by atoms with van der Waals surface area (Å²) in [5.41, 5.74) is 3.08. The van der Waals surface area contributed by atoms with Gasteiger partial charge in [-0.1, -0.05) is 6.07 Å². The van der Waals surface area contributed by atoms with E-state index in [2.05, 4.69) is 25.6 Å². The Hall–Kier alpha value is -3.09. The number of aromatic nitrogens is 2. The monoisotopic (exact) mass is 395 g/mol. The first-order valence-electron chi connectivity index (χ1n) is 9.99. The molecular weight excluding hydrogens is 369 g/mol. The van der Waals surface area contributed by atoms with Crippen LogP contribution in [0.1, 0.15) is 24.0 Å². The molecule has 0 atom stereocenters. The fourth-order valence-corrected chi connectivity index (χ4v) is 3.17. The molecule has 3 aromatic rings. The van der Waals surface area contributed by atoms with E-state index in [1.165, 1.54) is 18.9 Å². The first-order chi connectivity index (χ1) is 14.2. The molecule has 1 aromatic carbocycles. The van der Waals surface area contributed by atoms with Crippen LogP contribution in [0.4, 0.5) is 4.39 Å². The molecule has 0 bridgehead atoms. The third kappa shape index (κ3) is 5.25. The average Bonchev–Trinajstić information content (AvgIpc) is 3.50. The Bertz CT molecular complexity index is 979. The Morgan fingerprint density at radius 2 is 2.17 bits per heavy atom. The molecule has 1 aliphatic rings. The van der Waals surface area contributed by atoms with Crippen molar-refractivity contribution in [1.29, 1.82) is 0 Å². The Balaban J connectivity index is 1.23. The van der Waals surface area contributed by atoms with Crippen molar-refractivity contribution in [1.82, 2.24) is 20.6 Å². The zero-order chi connectivity index (χ0) is 20.1. The van der Waals surface area contributed by atoms with E-state index in [4.69, 9.17) is 4.74 Å². The normalized spacial score (nSPS) is 14.2. The second-order valence-corrected chi connectivity index (χ2v) is 7.37. The summed E-state index contributed by atoms with van der Waals surface area (Å²) in [6.07, 6.45) is 7.05. The summed E-state index contributed by atoms with van der Waals surface area (Å²) in [5.74, 6) is 1.89. The van der Waals surface area contributed by atoms with Crippen LogP contribution in [0.25, 0.3) is 10.9 Å². The minimum atomic E-state index is -0.221. The van der Waals surface area contributed by atoms with Crippen molar-refractivity contribution in [3.05, 3.63) is 59.7 Å². The number of fused-ring (bicyclic) bond motifs is 1. The molecule has 0 saturated heterocycles. The summed E-state index contributed by atoms with van der Waals surface area (Å²) >= 11 is 0. The third-order valence-corrected chi connectivity index (χ3v) is 5.06. The van der Waals surface area contributed by atoms with Crippen molar-refractivity contribution in [2.24, 2.45) is 10.9 Å². The van der Waals surface area contributed by atoms with E-state index in [9.17, 15) is 4.39 Å². The lowest BCUT2D eigenvalue weighted by molar-refractivity contribution is 0.288. The first kappa shape index (κ1) is 19.2. The second kappa shape index (κ2) is 8.94. The number of aromatic amines is 1. The fraction of sp³-hybridized carbons (Fsp3) is 0.364. The molecule has 1 fully saturated rings. The highest BCUT2D eigenvalue weighted by atomic mass is 19.1. The number of hydrogen-bond acceptors (Lipinski definition) is 3. The van der Waals surface area contributed by atoms with E-state index in [1.54, 1.807) is 19.2 Å². The van der Waals surface area contributed by atoms with Gasteiger partial charge >= 0.3 is 0 Å². The van der Waals surface area contributed by atoms with Gasteiger partial charge in [-0.2, -0.15) is 0 Å². The molecule has 6 nitrogen and oxygen atoms in total. The average molecular weight is 395 g/mol. The highest BCUT2D eigenvalue weighted by molar-refractivity contribution is 5.83. The maximum absolute atomic E-state index is 13.5. The van der Waals surface area contributed by atoms with Crippen LogP contribution in [0.5, 0.6) is 5.88 Å². The number of rotatable bonds is 8. The lowest BCUT2D eigenvalue weighted by atomic mass is 10.1. The van der Waals surface area contributed by atoms with Gasteiger partial charge in [0.2, 0.25) is 5.88 Å². The largest absolute Gasteiger partial charge is 0.477 e. The molecule has 2 aromatic heterocycles. The Morgan fingerprint density at radius 3 is 2.93 bits per heavy atom. The zero-order valence-electron chi connectivity index (χ0n) is 16.5. The van der Waals surface area contributed by atoms with E-state index >= 15 is 0 Å². The highest BCUT2D eigenvalue weighted by Gasteiger charge is 2.22. The summed E-state index contributed by atoms with van der Waals surface area (Å²) in [4.78, 5) is 11.8. The van der Waals surface area contributed by atoms with Crippen LogP contribution in [0.15, 0.2) is 47.7 Å². The summed E-state index contributed by atoms with van der Waals surface area (Å²) in [6, 6.07) is 8.71. The lowest BCUT2D eigenvalue weighted by Crippen LogP contribution is -2.37. The number of halogens is 1. The summed E-state index contributed by atoms with van der Waals surface area (Å²) in [7, 11) is 1.74. The molecule has 1 aliphatic carbocycles. The summed E-state index contributed by atoms with van der Waals surface area (Å²) in [6.45, 7) is 2.08. The van der Waals surface area contributed by atoms with Crippen molar-refractivity contribution < 1.29 is 9.13 Å². The number of aliphatic imine (C=N–C) groups is 1.